The van der Waals surface area contributed by atoms with Crippen molar-refractivity contribution in [2.45, 2.75) is 4.90 Å². The summed E-state index contributed by atoms with van der Waals surface area (Å²) < 4.78 is 29.7. The van der Waals surface area contributed by atoms with Gasteiger partial charge in [0.1, 0.15) is 15.8 Å². The number of rotatable bonds is 5. The van der Waals surface area contributed by atoms with E-state index in [0.29, 0.717) is 0 Å². The van der Waals surface area contributed by atoms with Crippen LogP contribution in [0.25, 0.3) is 0 Å². The maximum absolute atomic E-state index is 11.8. The highest BCUT2D eigenvalue weighted by Gasteiger charge is 2.28. The number of carbonyl (C=O) groups is 2. The number of carboxylic acid groups (broad SMARTS) is 1. The van der Waals surface area contributed by atoms with E-state index in [1.165, 1.54) is 5.38 Å². The van der Waals surface area contributed by atoms with Crippen molar-refractivity contribution in [1.82, 2.24) is 4.72 Å². The largest absolute Gasteiger partial charge is 0.480 e. The molecule has 2 N–H and O–H groups in total. The van der Waals surface area contributed by atoms with Crippen molar-refractivity contribution in [3.05, 3.63) is 15.3 Å². The Morgan fingerprint density at radius 1 is 1.56 bits per heavy atom. The first-order chi connectivity index (χ1) is 8.29. The quantitative estimate of drug-likeness (QED) is 0.768. The lowest BCUT2D eigenvalue weighted by molar-refractivity contribution is -0.135. The van der Waals surface area contributed by atoms with E-state index in [-0.39, 0.29) is 9.90 Å². The number of nitrogens with one attached hydrogen (secondary N) is 1. The second-order valence-corrected chi connectivity index (χ2v) is 6.15. The predicted octanol–water partition coefficient (Wildman–Crippen LogP) is 0.551. The lowest BCUT2D eigenvalue weighted by atomic mass is 10.3. The fourth-order valence-electron chi connectivity index (χ4n) is 1.05. The number of thiophene rings is 1. The van der Waals surface area contributed by atoms with E-state index >= 15 is 0 Å². The summed E-state index contributed by atoms with van der Waals surface area (Å²) in [6, 6.07) is 0. The molecule has 0 amide bonds. The van der Waals surface area contributed by atoms with Crippen molar-refractivity contribution >= 4 is 44.9 Å². The average Bonchev–Trinajstić information content (AvgIpc) is 2.68. The van der Waals surface area contributed by atoms with Crippen molar-refractivity contribution in [2.75, 3.05) is 13.7 Å². The standard InChI is InChI=1S/C8H8ClNO6S2/c1-16-8(13)4-3-17-7(9)6(4)18(14,15)10-2-5(11)12/h3,10H,2H2,1H3,(H,11,12). The average molecular weight is 314 g/mol. The van der Waals surface area contributed by atoms with Gasteiger partial charge in [0.25, 0.3) is 0 Å². The van der Waals surface area contributed by atoms with Gasteiger partial charge in [0.2, 0.25) is 10.0 Å². The SMILES string of the molecule is COC(=O)c1csc(Cl)c1S(=O)(=O)NCC(=O)O. The summed E-state index contributed by atoms with van der Waals surface area (Å²) >= 11 is 6.52. The van der Waals surface area contributed by atoms with Crippen LogP contribution in [0.1, 0.15) is 10.4 Å². The highest BCUT2D eigenvalue weighted by molar-refractivity contribution is 7.90. The Bertz CT molecular complexity index is 578. The zero-order valence-corrected chi connectivity index (χ0v) is 11.4. The van der Waals surface area contributed by atoms with Crippen LogP contribution in [0, 0.1) is 0 Å². The van der Waals surface area contributed by atoms with Crippen LogP contribution in [0.2, 0.25) is 4.34 Å². The minimum Gasteiger partial charge on any atom is -0.480 e. The Morgan fingerprint density at radius 3 is 2.67 bits per heavy atom. The van der Waals surface area contributed by atoms with Gasteiger partial charge in [-0.25, -0.2) is 13.2 Å². The van der Waals surface area contributed by atoms with Crippen molar-refractivity contribution in [3.63, 3.8) is 0 Å². The molecule has 0 aromatic carbocycles. The zero-order valence-electron chi connectivity index (χ0n) is 8.97. The van der Waals surface area contributed by atoms with Crippen LogP contribution in [0.5, 0.6) is 0 Å². The topological polar surface area (TPSA) is 110 Å². The molecule has 10 heteroatoms. The van der Waals surface area contributed by atoms with E-state index in [9.17, 15) is 18.0 Å². The molecule has 1 heterocycles. The number of hydrogen-bond acceptors (Lipinski definition) is 6. The number of esters is 1. The van der Waals surface area contributed by atoms with E-state index in [1.54, 1.807) is 0 Å². The Balaban J connectivity index is 3.19. The molecule has 0 aliphatic rings. The Labute approximate surface area is 111 Å². The third-order valence-corrected chi connectivity index (χ3v) is 4.74. The van der Waals surface area contributed by atoms with Gasteiger partial charge in [-0.05, 0) is 0 Å². The maximum Gasteiger partial charge on any atom is 0.340 e. The number of aliphatic carboxylic acids is 1. The molecule has 100 valence electrons. The molecular formula is C8H8ClNO6S2. The van der Waals surface area contributed by atoms with Gasteiger partial charge in [-0.1, -0.05) is 11.6 Å². The molecule has 0 atom stereocenters. The number of carboxylic acids is 1. The predicted molar refractivity (Wildman–Crippen MR) is 63.5 cm³/mol. The van der Waals surface area contributed by atoms with Crippen LogP contribution >= 0.6 is 22.9 Å². The van der Waals surface area contributed by atoms with Crippen molar-refractivity contribution < 1.29 is 27.9 Å². The fourth-order valence-corrected chi connectivity index (χ4v) is 3.90. The van der Waals surface area contributed by atoms with E-state index in [4.69, 9.17) is 16.7 Å². The van der Waals surface area contributed by atoms with Crippen LogP contribution < -0.4 is 4.72 Å². The Kier molecular flexibility index (Phi) is 4.68. The van der Waals surface area contributed by atoms with Gasteiger partial charge >= 0.3 is 11.9 Å². The molecule has 0 saturated heterocycles. The number of carbonyl (C=O) groups excluding carboxylic acids is 1. The summed E-state index contributed by atoms with van der Waals surface area (Å²) in [5, 5.41) is 9.65. The summed E-state index contributed by atoms with van der Waals surface area (Å²) in [4.78, 5) is 21.2. The van der Waals surface area contributed by atoms with Crippen LogP contribution in [0.4, 0.5) is 0 Å². The second kappa shape index (κ2) is 5.65. The molecule has 0 bridgehead atoms. The fraction of sp³-hybridized carbons (Fsp3) is 0.250. The molecule has 0 unspecified atom stereocenters. The van der Waals surface area contributed by atoms with Gasteiger partial charge < -0.3 is 9.84 Å². The summed E-state index contributed by atoms with van der Waals surface area (Å²) in [7, 11) is -3.09. The number of hydrogen-bond donors (Lipinski definition) is 2. The minimum atomic E-state index is -4.18. The molecule has 1 aromatic rings. The molecule has 0 fully saturated rings. The molecule has 7 nitrogen and oxygen atoms in total. The number of ether oxygens (including phenoxy) is 1. The van der Waals surface area contributed by atoms with E-state index in [1.807, 2.05) is 4.72 Å². The molecule has 0 spiro atoms. The van der Waals surface area contributed by atoms with Crippen LogP contribution in [0.3, 0.4) is 0 Å². The van der Waals surface area contributed by atoms with Crippen LogP contribution in [-0.4, -0.2) is 39.1 Å². The molecule has 0 aliphatic heterocycles. The highest BCUT2D eigenvalue weighted by Crippen LogP contribution is 2.32. The molecule has 0 saturated carbocycles. The van der Waals surface area contributed by atoms with Gasteiger partial charge in [0, 0.05) is 5.38 Å². The lowest BCUT2D eigenvalue weighted by Crippen LogP contribution is -2.30. The van der Waals surface area contributed by atoms with Gasteiger partial charge in [0.15, 0.2) is 0 Å². The number of methoxy groups -OCH3 is 1. The van der Waals surface area contributed by atoms with Gasteiger partial charge in [-0.3, -0.25) is 4.79 Å². The van der Waals surface area contributed by atoms with Crippen molar-refractivity contribution in [3.8, 4) is 0 Å². The monoisotopic (exact) mass is 313 g/mol. The summed E-state index contributed by atoms with van der Waals surface area (Å²) in [5.41, 5.74) is -0.231. The normalized spacial score (nSPS) is 11.2. The third kappa shape index (κ3) is 3.19. The minimum absolute atomic E-state index is 0.145. The molecule has 1 aromatic heterocycles. The Morgan fingerprint density at radius 2 is 2.17 bits per heavy atom. The van der Waals surface area contributed by atoms with E-state index in [0.717, 1.165) is 18.4 Å². The first kappa shape index (κ1) is 14.9. The highest BCUT2D eigenvalue weighted by atomic mass is 35.5. The van der Waals surface area contributed by atoms with Crippen molar-refractivity contribution in [2.24, 2.45) is 0 Å². The third-order valence-electron chi connectivity index (χ3n) is 1.79. The van der Waals surface area contributed by atoms with Crippen molar-refractivity contribution in [1.29, 1.82) is 0 Å². The zero-order chi connectivity index (χ0) is 13.9. The maximum atomic E-state index is 11.8. The molecular weight excluding hydrogens is 306 g/mol. The first-order valence-electron chi connectivity index (χ1n) is 4.36. The Hall–Kier alpha value is -1.16. The van der Waals surface area contributed by atoms with Gasteiger partial charge in [0.05, 0.1) is 12.7 Å². The molecule has 18 heavy (non-hydrogen) atoms. The number of sulfonamides is 1. The van der Waals surface area contributed by atoms with Crippen LogP contribution in [-0.2, 0) is 19.6 Å². The summed E-state index contributed by atoms with van der Waals surface area (Å²) in [5.74, 6) is -2.22. The molecule has 1 rings (SSSR count). The summed E-state index contributed by atoms with van der Waals surface area (Å²) in [6.45, 7) is -0.810. The van der Waals surface area contributed by atoms with E-state index in [2.05, 4.69) is 4.74 Å². The van der Waals surface area contributed by atoms with Gasteiger partial charge in [-0.15, -0.1) is 11.3 Å². The smallest absolute Gasteiger partial charge is 0.340 e. The van der Waals surface area contributed by atoms with Gasteiger partial charge in [-0.2, -0.15) is 4.72 Å². The number of halogens is 1. The second-order valence-electron chi connectivity index (χ2n) is 2.96. The van der Waals surface area contributed by atoms with Crippen LogP contribution in [0.15, 0.2) is 10.3 Å². The molecule has 0 radical (unpaired) electrons. The molecule has 0 aliphatic carbocycles. The summed E-state index contributed by atoms with van der Waals surface area (Å²) in [6.07, 6.45) is 0. The van der Waals surface area contributed by atoms with E-state index < -0.39 is 33.4 Å². The lowest BCUT2D eigenvalue weighted by Gasteiger charge is -2.05. The first-order valence-corrected chi connectivity index (χ1v) is 7.10.